The number of halogens is 1. The summed E-state index contributed by atoms with van der Waals surface area (Å²) in [5, 5.41) is 8.13. The van der Waals surface area contributed by atoms with Crippen molar-refractivity contribution < 1.29 is 0 Å². The van der Waals surface area contributed by atoms with Crippen LogP contribution in [0.3, 0.4) is 0 Å². The number of nitrogens with two attached hydrogens (primary N) is 1. The second-order valence-electron chi connectivity index (χ2n) is 1.90. The SMILES string of the molecule is CC(C)C(N)C#N.Cl. The topological polar surface area (TPSA) is 49.8 Å². The van der Waals surface area contributed by atoms with Crippen molar-refractivity contribution in [2.75, 3.05) is 0 Å². The van der Waals surface area contributed by atoms with Crippen molar-refractivity contribution in [1.29, 1.82) is 5.26 Å². The zero-order chi connectivity index (χ0) is 5.86. The van der Waals surface area contributed by atoms with Crippen LogP contribution in [-0.4, -0.2) is 6.04 Å². The summed E-state index contributed by atoms with van der Waals surface area (Å²) in [6, 6.07) is 1.65. The molecule has 0 bridgehead atoms. The summed E-state index contributed by atoms with van der Waals surface area (Å²) in [6.07, 6.45) is 0. The van der Waals surface area contributed by atoms with Gasteiger partial charge in [-0.15, -0.1) is 12.4 Å². The number of hydrogen-bond donors (Lipinski definition) is 1. The second kappa shape index (κ2) is 4.89. The molecule has 0 aliphatic rings. The van der Waals surface area contributed by atoms with E-state index in [4.69, 9.17) is 11.0 Å². The van der Waals surface area contributed by atoms with Gasteiger partial charge in [-0.3, -0.25) is 0 Å². The third-order valence-corrected chi connectivity index (χ3v) is 0.867. The Balaban J connectivity index is 0. The molecule has 1 atom stereocenters. The molecule has 0 aliphatic heterocycles. The highest BCUT2D eigenvalue weighted by Gasteiger charge is 2.02. The fourth-order valence-electron chi connectivity index (χ4n) is 0.149. The molecule has 0 saturated heterocycles. The minimum atomic E-state index is -0.292. The number of nitrogens with zero attached hydrogens (tertiary/aromatic N) is 1. The minimum absolute atomic E-state index is 0. The first-order valence-electron chi connectivity index (χ1n) is 2.33. The molecule has 0 aromatic carbocycles. The lowest BCUT2D eigenvalue weighted by molar-refractivity contribution is 0.580. The molecule has 1 unspecified atom stereocenters. The van der Waals surface area contributed by atoms with Crippen LogP contribution in [0.5, 0.6) is 0 Å². The van der Waals surface area contributed by atoms with Crippen LogP contribution in [0.25, 0.3) is 0 Å². The van der Waals surface area contributed by atoms with Crippen molar-refractivity contribution in [2.45, 2.75) is 19.9 Å². The van der Waals surface area contributed by atoms with E-state index in [2.05, 4.69) is 0 Å². The van der Waals surface area contributed by atoms with E-state index in [-0.39, 0.29) is 24.4 Å². The lowest BCUT2D eigenvalue weighted by Crippen LogP contribution is -2.23. The van der Waals surface area contributed by atoms with Crippen LogP contribution in [0.4, 0.5) is 0 Å². The Morgan fingerprint density at radius 3 is 1.88 bits per heavy atom. The molecular weight excluding hydrogens is 124 g/mol. The van der Waals surface area contributed by atoms with E-state index >= 15 is 0 Å². The highest BCUT2D eigenvalue weighted by molar-refractivity contribution is 5.85. The van der Waals surface area contributed by atoms with E-state index in [0.29, 0.717) is 0 Å². The molecule has 2 N–H and O–H groups in total. The van der Waals surface area contributed by atoms with Crippen molar-refractivity contribution in [1.82, 2.24) is 0 Å². The first kappa shape index (κ1) is 10.7. The van der Waals surface area contributed by atoms with E-state index in [1.807, 2.05) is 19.9 Å². The molecule has 3 heteroatoms. The van der Waals surface area contributed by atoms with E-state index in [9.17, 15) is 0 Å². The summed E-state index contributed by atoms with van der Waals surface area (Å²) in [5.74, 6) is 0.282. The summed E-state index contributed by atoms with van der Waals surface area (Å²) in [4.78, 5) is 0. The molecule has 0 rings (SSSR count). The Labute approximate surface area is 56.1 Å². The van der Waals surface area contributed by atoms with Gasteiger partial charge in [0, 0.05) is 0 Å². The zero-order valence-corrected chi connectivity index (χ0v) is 5.90. The molecule has 0 fully saturated rings. The minimum Gasteiger partial charge on any atom is -0.316 e. The third kappa shape index (κ3) is 3.91. The van der Waals surface area contributed by atoms with Crippen molar-refractivity contribution in [3.63, 3.8) is 0 Å². The molecule has 2 nitrogen and oxygen atoms in total. The monoisotopic (exact) mass is 134 g/mol. The molecule has 48 valence electrons. The van der Waals surface area contributed by atoms with Crippen LogP contribution in [0, 0.1) is 17.2 Å². The highest BCUT2D eigenvalue weighted by atomic mass is 35.5. The molecule has 0 amide bonds. The third-order valence-electron chi connectivity index (χ3n) is 0.867. The number of rotatable bonds is 1. The Morgan fingerprint density at radius 2 is 1.88 bits per heavy atom. The number of hydrogen-bond acceptors (Lipinski definition) is 2. The molecule has 0 aromatic heterocycles. The average molecular weight is 135 g/mol. The predicted octanol–water partition coefficient (Wildman–Crippen LogP) is 0.915. The fourth-order valence-corrected chi connectivity index (χ4v) is 0.149. The van der Waals surface area contributed by atoms with Gasteiger partial charge in [-0.05, 0) is 5.92 Å². The lowest BCUT2D eigenvalue weighted by Gasteiger charge is -2.02. The molecule has 0 radical (unpaired) electrons. The van der Waals surface area contributed by atoms with Gasteiger partial charge >= 0.3 is 0 Å². The standard InChI is InChI=1S/C5H10N2.ClH/c1-4(2)5(7)3-6;/h4-5H,7H2,1-2H3;1H. The Hall–Kier alpha value is -0.260. The van der Waals surface area contributed by atoms with E-state index in [1.54, 1.807) is 0 Å². The van der Waals surface area contributed by atoms with E-state index in [0.717, 1.165) is 0 Å². The van der Waals surface area contributed by atoms with Crippen LogP contribution < -0.4 is 5.73 Å². The van der Waals surface area contributed by atoms with Crippen molar-refractivity contribution in [2.24, 2.45) is 11.7 Å². The second-order valence-corrected chi connectivity index (χ2v) is 1.90. The summed E-state index contributed by atoms with van der Waals surface area (Å²) >= 11 is 0. The van der Waals surface area contributed by atoms with Gasteiger partial charge in [0.05, 0.1) is 12.1 Å². The first-order valence-corrected chi connectivity index (χ1v) is 2.33. The van der Waals surface area contributed by atoms with Crippen LogP contribution in [0.15, 0.2) is 0 Å². The predicted molar refractivity (Wildman–Crippen MR) is 35.7 cm³/mol. The van der Waals surface area contributed by atoms with Gasteiger partial charge in [0.1, 0.15) is 0 Å². The van der Waals surface area contributed by atoms with E-state index < -0.39 is 0 Å². The maximum Gasteiger partial charge on any atom is 0.0951 e. The highest BCUT2D eigenvalue weighted by Crippen LogP contribution is 1.93. The molecule has 0 saturated carbocycles. The van der Waals surface area contributed by atoms with Gasteiger partial charge in [-0.2, -0.15) is 5.26 Å². The quantitative estimate of drug-likeness (QED) is 0.580. The maximum atomic E-state index is 8.13. The fraction of sp³-hybridized carbons (Fsp3) is 0.800. The van der Waals surface area contributed by atoms with Crippen LogP contribution in [0.1, 0.15) is 13.8 Å². The van der Waals surface area contributed by atoms with Gasteiger partial charge in [0.25, 0.3) is 0 Å². The summed E-state index contributed by atoms with van der Waals surface area (Å²) in [6.45, 7) is 3.85. The number of nitriles is 1. The van der Waals surface area contributed by atoms with Gasteiger partial charge in [-0.1, -0.05) is 13.8 Å². The largest absolute Gasteiger partial charge is 0.316 e. The van der Waals surface area contributed by atoms with Crippen molar-refractivity contribution in [3.05, 3.63) is 0 Å². The smallest absolute Gasteiger partial charge is 0.0951 e. The molecule has 0 aliphatic carbocycles. The molecule has 8 heavy (non-hydrogen) atoms. The van der Waals surface area contributed by atoms with Crippen molar-refractivity contribution >= 4 is 12.4 Å². The Bertz CT molecular complexity index is 84.9. The summed E-state index contributed by atoms with van der Waals surface area (Å²) < 4.78 is 0. The normalized spacial score (nSPS) is 11.9. The van der Waals surface area contributed by atoms with Crippen LogP contribution in [-0.2, 0) is 0 Å². The van der Waals surface area contributed by atoms with Gasteiger partial charge in [-0.25, -0.2) is 0 Å². The van der Waals surface area contributed by atoms with Gasteiger partial charge in [0.2, 0.25) is 0 Å². The Kier molecular flexibility index (Phi) is 6.52. The summed E-state index contributed by atoms with van der Waals surface area (Å²) in [5.41, 5.74) is 5.25. The van der Waals surface area contributed by atoms with Gasteiger partial charge in [0.15, 0.2) is 0 Å². The molecule has 0 spiro atoms. The molecule has 0 aromatic rings. The average Bonchev–Trinajstić information content (AvgIpc) is 1.65. The molecule has 0 heterocycles. The zero-order valence-electron chi connectivity index (χ0n) is 5.09. The van der Waals surface area contributed by atoms with Crippen LogP contribution in [0.2, 0.25) is 0 Å². The first-order chi connectivity index (χ1) is 3.18. The molecular formula is C5H11ClN2. The maximum absolute atomic E-state index is 8.13. The van der Waals surface area contributed by atoms with Gasteiger partial charge < -0.3 is 5.73 Å². The summed E-state index contributed by atoms with van der Waals surface area (Å²) in [7, 11) is 0. The van der Waals surface area contributed by atoms with Crippen LogP contribution >= 0.6 is 12.4 Å². The lowest BCUT2D eigenvalue weighted by atomic mass is 10.1. The van der Waals surface area contributed by atoms with Crippen molar-refractivity contribution in [3.8, 4) is 6.07 Å². The Morgan fingerprint density at radius 1 is 1.50 bits per heavy atom. The van der Waals surface area contributed by atoms with E-state index in [1.165, 1.54) is 0 Å².